The van der Waals surface area contributed by atoms with Gasteiger partial charge in [0.15, 0.2) is 0 Å². The third kappa shape index (κ3) is 5.63. The van der Waals surface area contributed by atoms with Gasteiger partial charge in [-0.1, -0.05) is 32.0 Å². The number of nitrogens with zero attached hydrogens (tertiary/aromatic N) is 1. The highest BCUT2D eigenvalue weighted by molar-refractivity contribution is 6.39. The fraction of sp³-hybridized carbons (Fsp3) is 0.375. The number of amides is 3. The molecule has 0 aliphatic carbocycles. The summed E-state index contributed by atoms with van der Waals surface area (Å²) >= 11 is 0. The fourth-order valence-electron chi connectivity index (χ4n) is 3.57. The zero-order valence-electron chi connectivity index (χ0n) is 18.2. The van der Waals surface area contributed by atoms with Crippen LogP contribution in [0.25, 0.3) is 0 Å². The van der Waals surface area contributed by atoms with Crippen LogP contribution >= 0.6 is 0 Å². The average Bonchev–Trinajstić information content (AvgIpc) is 2.78. The van der Waals surface area contributed by atoms with Crippen LogP contribution in [0.2, 0.25) is 0 Å². The number of nitrogens with one attached hydrogen (secondary N) is 2. The van der Waals surface area contributed by atoms with E-state index in [0.717, 1.165) is 35.4 Å². The first kappa shape index (κ1) is 22.3. The predicted octanol–water partition coefficient (Wildman–Crippen LogP) is 2.93. The lowest BCUT2D eigenvalue weighted by atomic mass is 9.99. The maximum Gasteiger partial charge on any atom is 0.313 e. The first-order valence-electron chi connectivity index (χ1n) is 10.6. The molecule has 31 heavy (non-hydrogen) atoms. The van der Waals surface area contributed by atoms with Crippen LogP contribution in [0.5, 0.6) is 5.75 Å². The molecule has 0 spiro atoms. The molecule has 164 valence electrons. The molecule has 0 saturated carbocycles. The number of fused-ring (bicyclic) bond motifs is 1. The lowest BCUT2D eigenvalue weighted by Gasteiger charge is -2.31. The molecule has 0 atom stereocenters. The third-order valence-corrected chi connectivity index (χ3v) is 5.29. The van der Waals surface area contributed by atoms with Crippen LogP contribution in [0.4, 0.5) is 11.4 Å². The van der Waals surface area contributed by atoms with Gasteiger partial charge >= 0.3 is 11.8 Å². The molecule has 3 rings (SSSR count). The van der Waals surface area contributed by atoms with Crippen molar-refractivity contribution in [1.29, 1.82) is 0 Å². The predicted molar refractivity (Wildman–Crippen MR) is 120 cm³/mol. The summed E-state index contributed by atoms with van der Waals surface area (Å²) in [7, 11) is 1.61. The van der Waals surface area contributed by atoms with Gasteiger partial charge in [0.05, 0.1) is 7.11 Å². The van der Waals surface area contributed by atoms with Crippen molar-refractivity contribution in [3.05, 3.63) is 53.6 Å². The van der Waals surface area contributed by atoms with Crippen molar-refractivity contribution in [3.8, 4) is 5.75 Å². The minimum absolute atomic E-state index is 0.0562. The van der Waals surface area contributed by atoms with Crippen LogP contribution in [-0.2, 0) is 27.2 Å². The Morgan fingerprint density at radius 2 is 1.81 bits per heavy atom. The van der Waals surface area contributed by atoms with E-state index in [-0.39, 0.29) is 11.8 Å². The van der Waals surface area contributed by atoms with E-state index in [1.807, 2.05) is 44.2 Å². The van der Waals surface area contributed by atoms with Gasteiger partial charge in [-0.3, -0.25) is 14.4 Å². The van der Waals surface area contributed by atoms with Crippen molar-refractivity contribution >= 4 is 29.1 Å². The van der Waals surface area contributed by atoms with Crippen LogP contribution < -0.4 is 20.3 Å². The summed E-state index contributed by atoms with van der Waals surface area (Å²) in [5, 5.41) is 5.28. The second kappa shape index (κ2) is 10.1. The minimum Gasteiger partial charge on any atom is -0.497 e. The number of carbonyl (C=O) groups is 3. The molecule has 1 aliphatic heterocycles. The molecular formula is C24H29N3O4. The summed E-state index contributed by atoms with van der Waals surface area (Å²) in [4.78, 5) is 38.8. The standard InChI is InChI=1S/C24H29N3O4/c1-16(2)24(30)27-14-4-5-18-8-9-19(15-21(18)27)26-23(29)22(28)25-13-12-17-6-10-20(31-3)11-7-17/h6-11,15-16H,4-5,12-14H2,1-3H3,(H,25,28)(H,26,29). The van der Waals surface area contributed by atoms with Crippen molar-refractivity contribution in [2.75, 3.05) is 30.4 Å². The number of aryl methyl sites for hydroxylation is 1. The smallest absolute Gasteiger partial charge is 0.313 e. The summed E-state index contributed by atoms with van der Waals surface area (Å²) in [6, 6.07) is 13.0. The van der Waals surface area contributed by atoms with Gasteiger partial charge in [0, 0.05) is 30.4 Å². The first-order chi connectivity index (χ1) is 14.9. The van der Waals surface area contributed by atoms with E-state index in [2.05, 4.69) is 10.6 Å². The fourth-order valence-corrected chi connectivity index (χ4v) is 3.57. The average molecular weight is 424 g/mol. The molecule has 0 radical (unpaired) electrons. The number of ether oxygens (including phenoxy) is 1. The van der Waals surface area contributed by atoms with Gasteiger partial charge in [-0.2, -0.15) is 0 Å². The highest BCUT2D eigenvalue weighted by Gasteiger charge is 2.25. The Hall–Kier alpha value is -3.35. The van der Waals surface area contributed by atoms with Crippen molar-refractivity contribution in [2.24, 2.45) is 5.92 Å². The normalized spacial score (nSPS) is 12.8. The molecule has 0 saturated heterocycles. The second-order valence-corrected chi connectivity index (χ2v) is 7.90. The molecule has 3 amide bonds. The highest BCUT2D eigenvalue weighted by atomic mass is 16.5. The van der Waals surface area contributed by atoms with E-state index < -0.39 is 11.8 Å². The molecule has 0 bridgehead atoms. The van der Waals surface area contributed by atoms with Gasteiger partial charge in [-0.25, -0.2) is 0 Å². The van der Waals surface area contributed by atoms with Crippen LogP contribution in [0.1, 0.15) is 31.4 Å². The summed E-state index contributed by atoms with van der Waals surface area (Å²) in [5.41, 5.74) is 3.41. The Kier molecular flexibility index (Phi) is 7.28. The van der Waals surface area contributed by atoms with E-state index in [1.54, 1.807) is 24.1 Å². The molecule has 7 nitrogen and oxygen atoms in total. The number of carbonyl (C=O) groups excluding carboxylic acids is 3. The van der Waals surface area contributed by atoms with Gasteiger partial charge in [-0.15, -0.1) is 0 Å². The van der Waals surface area contributed by atoms with Gasteiger partial charge in [-0.05, 0) is 54.7 Å². The number of hydrogen-bond donors (Lipinski definition) is 2. The lowest BCUT2D eigenvalue weighted by Crippen LogP contribution is -2.38. The number of anilines is 2. The van der Waals surface area contributed by atoms with Crippen LogP contribution in [-0.4, -0.2) is 37.9 Å². The Morgan fingerprint density at radius 1 is 1.06 bits per heavy atom. The topological polar surface area (TPSA) is 87.7 Å². The van der Waals surface area contributed by atoms with Gasteiger partial charge in [0.1, 0.15) is 5.75 Å². The molecule has 2 aromatic rings. The lowest BCUT2D eigenvalue weighted by molar-refractivity contribution is -0.136. The maximum absolute atomic E-state index is 12.5. The van der Waals surface area contributed by atoms with E-state index in [9.17, 15) is 14.4 Å². The SMILES string of the molecule is COc1ccc(CCNC(=O)C(=O)Nc2ccc3c(c2)N(C(=O)C(C)C)CCC3)cc1. The van der Waals surface area contributed by atoms with Crippen molar-refractivity contribution < 1.29 is 19.1 Å². The van der Waals surface area contributed by atoms with Crippen LogP contribution in [0.15, 0.2) is 42.5 Å². The van der Waals surface area contributed by atoms with E-state index in [0.29, 0.717) is 25.2 Å². The Bertz CT molecular complexity index is 954. The summed E-state index contributed by atoms with van der Waals surface area (Å²) in [5.74, 6) is -0.708. The monoisotopic (exact) mass is 423 g/mol. The van der Waals surface area contributed by atoms with Gasteiger partial charge in [0.2, 0.25) is 5.91 Å². The summed E-state index contributed by atoms with van der Waals surface area (Å²) < 4.78 is 5.12. The molecular weight excluding hydrogens is 394 g/mol. The van der Waals surface area contributed by atoms with Crippen LogP contribution in [0, 0.1) is 5.92 Å². The van der Waals surface area contributed by atoms with Crippen molar-refractivity contribution in [1.82, 2.24) is 5.32 Å². The minimum atomic E-state index is -0.729. The second-order valence-electron chi connectivity index (χ2n) is 7.90. The van der Waals surface area contributed by atoms with Crippen molar-refractivity contribution in [2.45, 2.75) is 33.1 Å². The van der Waals surface area contributed by atoms with E-state index in [1.165, 1.54) is 0 Å². The molecule has 2 aromatic carbocycles. The van der Waals surface area contributed by atoms with Gasteiger partial charge < -0.3 is 20.3 Å². The Labute approximate surface area is 182 Å². The number of methoxy groups -OCH3 is 1. The molecule has 0 unspecified atom stereocenters. The number of rotatable bonds is 6. The van der Waals surface area contributed by atoms with E-state index in [4.69, 9.17) is 4.74 Å². The first-order valence-corrected chi connectivity index (χ1v) is 10.6. The molecule has 1 aliphatic rings. The third-order valence-electron chi connectivity index (χ3n) is 5.29. The zero-order valence-corrected chi connectivity index (χ0v) is 18.2. The van der Waals surface area contributed by atoms with Gasteiger partial charge in [0.25, 0.3) is 0 Å². The Balaban J connectivity index is 1.57. The highest BCUT2D eigenvalue weighted by Crippen LogP contribution is 2.31. The molecule has 1 heterocycles. The number of benzene rings is 2. The van der Waals surface area contributed by atoms with Crippen LogP contribution in [0.3, 0.4) is 0 Å². The molecule has 0 aromatic heterocycles. The largest absolute Gasteiger partial charge is 0.497 e. The van der Waals surface area contributed by atoms with E-state index >= 15 is 0 Å². The summed E-state index contributed by atoms with van der Waals surface area (Å²) in [6.07, 6.45) is 2.40. The Morgan fingerprint density at radius 3 is 2.48 bits per heavy atom. The number of hydrogen-bond acceptors (Lipinski definition) is 4. The molecule has 2 N–H and O–H groups in total. The van der Waals surface area contributed by atoms with Crippen molar-refractivity contribution in [3.63, 3.8) is 0 Å². The molecule has 7 heteroatoms. The zero-order chi connectivity index (χ0) is 22.4. The maximum atomic E-state index is 12.5. The summed E-state index contributed by atoms with van der Waals surface area (Å²) in [6.45, 7) is 4.75. The molecule has 0 fully saturated rings. The quantitative estimate of drug-likeness (QED) is 0.700.